The summed E-state index contributed by atoms with van der Waals surface area (Å²) in [6.07, 6.45) is 0. The Hall–Kier alpha value is -2.01. The molecule has 3 rings (SSSR count). The first-order valence-electron chi connectivity index (χ1n) is 6.73. The molecule has 110 valence electrons. The van der Waals surface area contributed by atoms with E-state index in [0.717, 1.165) is 34.1 Å². The van der Waals surface area contributed by atoms with Gasteiger partial charge in [-0.25, -0.2) is 9.67 Å². The van der Waals surface area contributed by atoms with Crippen LogP contribution in [0.4, 0.5) is 0 Å². The third-order valence-corrected chi connectivity index (χ3v) is 3.71. The Morgan fingerprint density at radius 3 is 2.48 bits per heavy atom. The number of halogens is 1. The van der Waals surface area contributed by atoms with Crippen LogP contribution in [0.3, 0.4) is 0 Å². The van der Waals surface area contributed by atoms with Crippen molar-refractivity contribution in [2.24, 2.45) is 7.05 Å². The number of hydrogen-bond donors (Lipinski definition) is 0. The molecule has 0 aliphatic heterocycles. The minimum absolute atomic E-state index is 0.195. The Bertz CT molecular complexity index is 786. The van der Waals surface area contributed by atoms with Crippen molar-refractivity contribution in [2.45, 2.75) is 19.2 Å². The number of aryl methyl sites for hydroxylation is 2. The van der Waals surface area contributed by atoms with Gasteiger partial charge in [0.1, 0.15) is 17.1 Å². The normalized spacial score (nSPS) is 12.8. The number of methoxy groups -OCH3 is 1. The third-order valence-electron chi connectivity index (χ3n) is 3.51. The van der Waals surface area contributed by atoms with Crippen molar-refractivity contribution in [2.75, 3.05) is 7.11 Å². The predicted octanol–water partition coefficient (Wildman–Crippen LogP) is 3.38. The van der Waals surface area contributed by atoms with E-state index in [0.29, 0.717) is 0 Å². The highest BCUT2D eigenvalue weighted by molar-refractivity contribution is 6.20. The van der Waals surface area contributed by atoms with E-state index in [1.807, 2.05) is 54.4 Å². The summed E-state index contributed by atoms with van der Waals surface area (Å²) in [4.78, 5) is 4.67. The topological polar surface area (TPSA) is 44.9 Å². The lowest BCUT2D eigenvalue weighted by Crippen LogP contribution is -2.06. The molecule has 0 aliphatic rings. The summed E-state index contributed by atoms with van der Waals surface area (Å²) < 4.78 is 9.10. The second-order valence-electron chi connectivity index (χ2n) is 5.00. The van der Waals surface area contributed by atoms with Crippen molar-refractivity contribution in [1.82, 2.24) is 19.3 Å². The molecule has 0 saturated carbocycles. The molecular formula is C15H17ClN4O. The molecule has 5 nitrogen and oxygen atoms in total. The van der Waals surface area contributed by atoms with Crippen molar-refractivity contribution in [3.05, 3.63) is 35.8 Å². The van der Waals surface area contributed by atoms with Gasteiger partial charge in [-0.3, -0.25) is 4.57 Å². The molecule has 0 fully saturated rings. The van der Waals surface area contributed by atoms with E-state index in [1.54, 1.807) is 7.11 Å². The summed E-state index contributed by atoms with van der Waals surface area (Å²) in [5.74, 6) is 1.63. The molecular weight excluding hydrogens is 288 g/mol. The summed E-state index contributed by atoms with van der Waals surface area (Å²) in [5, 5.41) is 4.24. The highest BCUT2D eigenvalue weighted by atomic mass is 35.5. The number of alkyl halides is 1. The second kappa shape index (κ2) is 5.07. The van der Waals surface area contributed by atoms with Gasteiger partial charge in [0.25, 0.3) is 0 Å². The molecule has 2 aromatic heterocycles. The van der Waals surface area contributed by atoms with Crippen molar-refractivity contribution in [1.29, 1.82) is 0 Å². The molecule has 0 aliphatic carbocycles. The third kappa shape index (κ3) is 2.17. The van der Waals surface area contributed by atoms with Crippen LogP contribution in [0.15, 0.2) is 24.3 Å². The molecule has 21 heavy (non-hydrogen) atoms. The molecule has 0 amide bonds. The van der Waals surface area contributed by atoms with Crippen LogP contribution in [0, 0.1) is 6.92 Å². The Labute approximate surface area is 128 Å². The van der Waals surface area contributed by atoms with Crippen LogP contribution in [0.25, 0.3) is 16.9 Å². The summed E-state index contributed by atoms with van der Waals surface area (Å²) in [7, 11) is 3.57. The van der Waals surface area contributed by atoms with Gasteiger partial charge in [-0.05, 0) is 38.1 Å². The average molecular weight is 305 g/mol. The quantitative estimate of drug-likeness (QED) is 0.697. The number of imidazole rings is 1. The largest absolute Gasteiger partial charge is 0.497 e. The Balaban J connectivity index is 2.29. The van der Waals surface area contributed by atoms with Crippen LogP contribution >= 0.6 is 11.6 Å². The maximum absolute atomic E-state index is 6.31. The van der Waals surface area contributed by atoms with Gasteiger partial charge in [-0.1, -0.05) is 0 Å². The molecule has 1 unspecified atom stereocenters. The van der Waals surface area contributed by atoms with Crippen LogP contribution in [0.1, 0.15) is 23.8 Å². The number of aromatic nitrogens is 4. The highest BCUT2D eigenvalue weighted by Crippen LogP contribution is 2.29. The minimum Gasteiger partial charge on any atom is -0.497 e. The summed E-state index contributed by atoms with van der Waals surface area (Å²) >= 11 is 6.31. The monoisotopic (exact) mass is 304 g/mol. The van der Waals surface area contributed by atoms with Gasteiger partial charge >= 0.3 is 0 Å². The lowest BCUT2D eigenvalue weighted by molar-refractivity contribution is 0.414. The summed E-state index contributed by atoms with van der Waals surface area (Å²) in [5.41, 5.74) is 3.72. The first-order valence-corrected chi connectivity index (χ1v) is 7.17. The minimum atomic E-state index is -0.195. The lowest BCUT2D eigenvalue weighted by atomic mass is 10.3. The first-order chi connectivity index (χ1) is 10.0. The average Bonchev–Trinajstić information content (AvgIpc) is 2.99. The fraction of sp³-hybridized carbons (Fsp3) is 0.333. The Kier molecular flexibility index (Phi) is 3.37. The van der Waals surface area contributed by atoms with Crippen LogP contribution < -0.4 is 4.74 Å². The van der Waals surface area contributed by atoms with Gasteiger partial charge in [-0.2, -0.15) is 5.10 Å². The molecule has 0 bridgehead atoms. The SMILES string of the molecule is COc1ccc(-n2c(C(C)Cl)nc3c(C)nn(C)c32)cc1. The van der Waals surface area contributed by atoms with E-state index < -0.39 is 0 Å². The lowest BCUT2D eigenvalue weighted by Gasteiger charge is -2.11. The second-order valence-corrected chi connectivity index (χ2v) is 5.66. The number of nitrogens with zero attached hydrogens (tertiary/aromatic N) is 4. The fourth-order valence-corrected chi connectivity index (χ4v) is 2.69. The van der Waals surface area contributed by atoms with Gasteiger partial charge in [0.15, 0.2) is 5.65 Å². The Morgan fingerprint density at radius 1 is 1.24 bits per heavy atom. The number of fused-ring (bicyclic) bond motifs is 1. The molecule has 6 heteroatoms. The van der Waals surface area contributed by atoms with Crippen LogP contribution in [0.5, 0.6) is 5.75 Å². The van der Waals surface area contributed by atoms with Gasteiger partial charge < -0.3 is 4.74 Å². The molecule has 0 saturated heterocycles. The molecule has 0 N–H and O–H groups in total. The van der Waals surface area contributed by atoms with Crippen molar-refractivity contribution < 1.29 is 4.74 Å². The molecule has 3 aromatic rings. The van der Waals surface area contributed by atoms with E-state index in [-0.39, 0.29) is 5.38 Å². The highest BCUT2D eigenvalue weighted by Gasteiger charge is 2.21. The van der Waals surface area contributed by atoms with E-state index in [2.05, 4.69) is 10.1 Å². The number of benzene rings is 1. The van der Waals surface area contributed by atoms with Crippen LogP contribution in [-0.4, -0.2) is 26.4 Å². The smallest absolute Gasteiger partial charge is 0.163 e. The Morgan fingerprint density at radius 2 is 1.90 bits per heavy atom. The molecule has 0 spiro atoms. The molecule has 1 atom stereocenters. The number of hydrogen-bond acceptors (Lipinski definition) is 3. The summed E-state index contributed by atoms with van der Waals surface area (Å²) in [6.45, 7) is 3.88. The summed E-state index contributed by atoms with van der Waals surface area (Å²) in [6, 6.07) is 7.83. The zero-order valence-corrected chi connectivity index (χ0v) is 13.2. The zero-order valence-electron chi connectivity index (χ0n) is 12.5. The van der Waals surface area contributed by atoms with Crippen molar-refractivity contribution >= 4 is 22.8 Å². The predicted molar refractivity (Wildman–Crippen MR) is 83.4 cm³/mol. The van der Waals surface area contributed by atoms with E-state index >= 15 is 0 Å². The fourth-order valence-electron chi connectivity index (χ4n) is 2.54. The maximum atomic E-state index is 6.31. The molecule has 2 heterocycles. The standard InChI is InChI=1S/C15H17ClN4O/c1-9(16)14-17-13-10(2)18-19(3)15(13)20(14)11-5-7-12(21-4)8-6-11/h5-9H,1-4H3. The molecule has 0 radical (unpaired) electrons. The molecule has 1 aromatic carbocycles. The van der Waals surface area contributed by atoms with E-state index in [4.69, 9.17) is 16.3 Å². The van der Waals surface area contributed by atoms with Crippen LogP contribution in [-0.2, 0) is 7.05 Å². The van der Waals surface area contributed by atoms with Gasteiger partial charge in [0.05, 0.1) is 18.2 Å². The van der Waals surface area contributed by atoms with Gasteiger partial charge in [-0.15, -0.1) is 11.6 Å². The van der Waals surface area contributed by atoms with Gasteiger partial charge in [0.2, 0.25) is 0 Å². The zero-order chi connectivity index (χ0) is 15.1. The van der Waals surface area contributed by atoms with Crippen molar-refractivity contribution in [3.8, 4) is 11.4 Å². The van der Waals surface area contributed by atoms with E-state index in [9.17, 15) is 0 Å². The van der Waals surface area contributed by atoms with Crippen molar-refractivity contribution in [3.63, 3.8) is 0 Å². The maximum Gasteiger partial charge on any atom is 0.163 e. The number of rotatable bonds is 3. The first kappa shape index (κ1) is 13.9. The van der Waals surface area contributed by atoms with Gasteiger partial charge in [0, 0.05) is 12.7 Å². The van der Waals surface area contributed by atoms with Crippen LogP contribution in [0.2, 0.25) is 0 Å². The number of ether oxygens (including phenoxy) is 1. The van der Waals surface area contributed by atoms with E-state index in [1.165, 1.54) is 0 Å².